The fraction of sp³-hybridized carbons (Fsp3) is 0.778. The minimum Gasteiger partial charge on any atom is -0.393 e. The average Bonchev–Trinajstić information content (AvgIpc) is 2.55. The largest absolute Gasteiger partial charge is 0.393 e. The van der Waals surface area contributed by atoms with Crippen LogP contribution in [0.25, 0.3) is 0 Å². The molecule has 7 atom stereocenters. The van der Waals surface area contributed by atoms with Gasteiger partial charge in [-0.1, -0.05) is 32.1 Å². The zero-order valence-electron chi connectivity index (χ0n) is 13.2. The number of aliphatic hydroxyl groups is 1. The Hall–Kier alpha value is -0.600. The van der Waals surface area contributed by atoms with E-state index >= 15 is 0 Å². The normalized spacial score (nSPS) is 46.4. The van der Waals surface area contributed by atoms with Gasteiger partial charge in [0.05, 0.1) is 17.8 Å². The highest BCUT2D eigenvalue weighted by atomic mass is 16.5. The Morgan fingerprint density at radius 1 is 1.40 bits per heavy atom. The third-order valence-electron chi connectivity index (χ3n) is 5.87. The van der Waals surface area contributed by atoms with Gasteiger partial charge in [-0.3, -0.25) is 0 Å². The zero-order chi connectivity index (χ0) is 14.5. The molecule has 0 aromatic carbocycles. The van der Waals surface area contributed by atoms with Gasteiger partial charge in [0.15, 0.2) is 0 Å². The topological polar surface area (TPSA) is 29.5 Å². The molecule has 112 valence electrons. The quantitative estimate of drug-likeness (QED) is 0.796. The van der Waals surface area contributed by atoms with Gasteiger partial charge < -0.3 is 9.84 Å². The lowest BCUT2D eigenvalue weighted by Gasteiger charge is -2.40. The monoisotopic (exact) mass is 276 g/mol. The van der Waals surface area contributed by atoms with Crippen LogP contribution in [0.5, 0.6) is 0 Å². The molecule has 20 heavy (non-hydrogen) atoms. The van der Waals surface area contributed by atoms with Crippen molar-refractivity contribution < 1.29 is 9.84 Å². The molecule has 2 heteroatoms. The van der Waals surface area contributed by atoms with Crippen molar-refractivity contribution >= 4 is 0 Å². The molecule has 4 bridgehead atoms. The van der Waals surface area contributed by atoms with Gasteiger partial charge in [-0.25, -0.2) is 0 Å². The van der Waals surface area contributed by atoms with Gasteiger partial charge in [0, 0.05) is 17.8 Å². The molecule has 2 fully saturated rings. The van der Waals surface area contributed by atoms with Crippen molar-refractivity contribution in [3.63, 3.8) is 0 Å². The van der Waals surface area contributed by atoms with Gasteiger partial charge in [0.2, 0.25) is 0 Å². The summed E-state index contributed by atoms with van der Waals surface area (Å²) < 4.78 is 6.60. The Balaban J connectivity index is 1.93. The summed E-state index contributed by atoms with van der Waals surface area (Å²) in [5, 5.41) is 9.77. The summed E-state index contributed by atoms with van der Waals surface area (Å²) in [5.74, 6) is 2.22. The molecule has 2 aliphatic carbocycles. The second-order valence-electron chi connectivity index (χ2n) is 7.39. The van der Waals surface area contributed by atoms with Gasteiger partial charge in [0.25, 0.3) is 0 Å². The summed E-state index contributed by atoms with van der Waals surface area (Å²) in [6.45, 7) is 8.52. The predicted molar refractivity (Wildman–Crippen MR) is 81.3 cm³/mol. The summed E-state index contributed by atoms with van der Waals surface area (Å²) >= 11 is 0. The van der Waals surface area contributed by atoms with Crippen LogP contribution in [0, 0.1) is 23.7 Å². The van der Waals surface area contributed by atoms with Crippen LogP contribution in [0.4, 0.5) is 0 Å². The first kappa shape index (κ1) is 14.3. The lowest BCUT2D eigenvalue weighted by molar-refractivity contribution is -0.0228. The standard InChI is InChI=1S/C18H28O2/c1-11-8-16-15-6-5-7-18(16,20-17(15)9-11)13(3)10-12(2)14(4)19/h5-6,10-12,14-17,19H,7-9H2,1-4H3/b13-10+/t11?,12-,14?,15?,16?,17?,18?/m1/s1. The van der Waals surface area contributed by atoms with Crippen LogP contribution in [0.1, 0.15) is 47.0 Å². The smallest absolute Gasteiger partial charge is 0.0961 e. The van der Waals surface area contributed by atoms with Crippen LogP contribution in [0.2, 0.25) is 0 Å². The molecule has 1 aliphatic heterocycles. The highest BCUT2D eigenvalue weighted by Gasteiger charge is 2.58. The number of hydrogen-bond donors (Lipinski definition) is 1. The molecular weight excluding hydrogens is 248 g/mol. The molecule has 6 unspecified atom stereocenters. The first-order valence-corrected chi connectivity index (χ1v) is 8.15. The summed E-state index contributed by atoms with van der Waals surface area (Å²) in [4.78, 5) is 0. The highest BCUT2D eigenvalue weighted by molar-refractivity contribution is 5.29. The molecule has 0 amide bonds. The van der Waals surface area contributed by atoms with E-state index in [2.05, 4.69) is 39.0 Å². The van der Waals surface area contributed by atoms with Crippen molar-refractivity contribution in [3.8, 4) is 0 Å². The third kappa shape index (κ3) is 2.08. The van der Waals surface area contributed by atoms with E-state index in [0.29, 0.717) is 17.9 Å². The van der Waals surface area contributed by atoms with E-state index in [0.717, 1.165) is 12.3 Å². The van der Waals surface area contributed by atoms with Gasteiger partial charge in [-0.05, 0) is 44.6 Å². The number of rotatable bonds is 3. The Morgan fingerprint density at radius 3 is 2.85 bits per heavy atom. The summed E-state index contributed by atoms with van der Waals surface area (Å²) in [5.41, 5.74) is 1.25. The van der Waals surface area contributed by atoms with Gasteiger partial charge >= 0.3 is 0 Å². The van der Waals surface area contributed by atoms with E-state index < -0.39 is 0 Å². The van der Waals surface area contributed by atoms with Crippen LogP contribution in [0.3, 0.4) is 0 Å². The van der Waals surface area contributed by atoms with Crippen LogP contribution in [0.15, 0.2) is 23.8 Å². The maximum absolute atomic E-state index is 9.77. The van der Waals surface area contributed by atoms with E-state index in [1.807, 2.05) is 6.92 Å². The first-order valence-electron chi connectivity index (χ1n) is 8.15. The summed E-state index contributed by atoms with van der Waals surface area (Å²) in [6, 6.07) is 0. The molecule has 0 aromatic heterocycles. The molecule has 3 aliphatic rings. The van der Waals surface area contributed by atoms with Crippen LogP contribution in [-0.2, 0) is 4.74 Å². The molecule has 0 radical (unpaired) electrons. The van der Waals surface area contributed by atoms with Crippen molar-refractivity contribution in [2.45, 2.75) is 64.8 Å². The lowest BCUT2D eigenvalue weighted by atomic mass is 9.63. The minimum atomic E-state index is -0.295. The Bertz CT molecular complexity index is 437. The Morgan fingerprint density at radius 2 is 2.15 bits per heavy atom. The van der Waals surface area contributed by atoms with Crippen molar-refractivity contribution in [2.24, 2.45) is 23.7 Å². The van der Waals surface area contributed by atoms with Gasteiger partial charge in [-0.15, -0.1) is 0 Å². The fourth-order valence-electron chi connectivity index (χ4n) is 4.56. The molecule has 0 spiro atoms. The summed E-state index contributed by atoms with van der Waals surface area (Å²) in [6.07, 6.45) is 10.6. The minimum absolute atomic E-state index is 0.0853. The van der Waals surface area contributed by atoms with Gasteiger partial charge in [0.1, 0.15) is 0 Å². The second kappa shape index (κ2) is 4.99. The highest BCUT2D eigenvalue weighted by Crippen LogP contribution is 2.57. The van der Waals surface area contributed by atoms with Crippen molar-refractivity contribution in [3.05, 3.63) is 23.8 Å². The van der Waals surface area contributed by atoms with Crippen LogP contribution in [-0.4, -0.2) is 22.9 Å². The second-order valence-corrected chi connectivity index (χ2v) is 7.39. The van der Waals surface area contributed by atoms with E-state index in [1.54, 1.807) is 0 Å². The predicted octanol–water partition coefficient (Wildman–Crippen LogP) is 3.71. The number of ether oxygens (including phenoxy) is 1. The molecule has 2 nitrogen and oxygen atoms in total. The van der Waals surface area contributed by atoms with E-state index in [9.17, 15) is 5.11 Å². The molecule has 1 saturated carbocycles. The summed E-state index contributed by atoms with van der Waals surface area (Å²) in [7, 11) is 0. The SMILES string of the molecule is C/C(=C\[C@@H](C)C(C)O)C12CC=CC3C(CC(C)CC31)O2. The van der Waals surface area contributed by atoms with Crippen molar-refractivity contribution in [1.82, 2.24) is 0 Å². The van der Waals surface area contributed by atoms with E-state index in [-0.39, 0.29) is 17.6 Å². The molecular formula is C18H28O2. The zero-order valence-corrected chi connectivity index (χ0v) is 13.2. The number of aliphatic hydroxyl groups excluding tert-OH is 1. The average molecular weight is 276 g/mol. The Kier molecular flexibility index (Phi) is 3.58. The maximum atomic E-state index is 9.77. The Labute approximate surface area is 122 Å². The van der Waals surface area contributed by atoms with Crippen LogP contribution < -0.4 is 0 Å². The fourth-order valence-corrected chi connectivity index (χ4v) is 4.56. The number of hydrogen-bond acceptors (Lipinski definition) is 2. The van der Waals surface area contributed by atoms with Gasteiger partial charge in [-0.2, -0.15) is 0 Å². The van der Waals surface area contributed by atoms with E-state index in [4.69, 9.17) is 4.74 Å². The van der Waals surface area contributed by atoms with Crippen molar-refractivity contribution in [1.29, 1.82) is 0 Å². The van der Waals surface area contributed by atoms with Crippen molar-refractivity contribution in [2.75, 3.05) is 0 Å². The van der Waals surface area contributed by atoms with Crippen LogP contribution >= 0.6 is 0 Å². The maximum Gasteiger partial charge on any atom is 0.0961 e. The first-order chi connectivity index (χ1) is 9.44. The molecule has 1 heterocycles. The lowest BCUT2D eigenvalue weighted by Crippen LogP contribution is -2.41. The molecule has 1 N–H and O–H groups in total. The molecule has 3 rings (SSSR count). The molecule has 1 saturated heterocycles. The molecule has 0 aromatic rings. The van der Waals surface area contributed by atoms with E-state index in [1.165, 1.54) is 18.4 Å². The third-order valence-corrected chi connectivity index (χ3v) is 5.87.